The van der Waals surface area contributed by atoms with Crippen molar-refractivity contribution in [3.05, 3.63) is 59.2 Å². The molecule has 0 saturated carbocycles. The Hall–Kier alpha value is -2.29. The molecule has 108 valence electrons. The molecule has 1 atom stereocenters. The van der Waals surface area contributed by atoms with Gasteiger partial charge in [0.2, 0.25) is 0 Å². The second kappa shape index (κ2) is 6.00. The lowest BCUT2D eigenvalue weighted by Crippen LogP contribution is -2.20. The van der Waals surface area contributed by atoms with E-state index in [0.717, 1.165) is 24.0 Å². The summed E-state index contributed by atoms with van der Waals surface area (Å²) in [4.78, 5) is 11.1. The number of para-hydroxylation sites is 2. The van der Waals surface area contributed by atoms with Crippen LogP contribution in [0.25, 0.3) is 0 Å². The average molecular weight is 282 g/mol. The minimum absolute atomic E-state index is 0.300. The fourth-order valence-electron chi connectivity index (χ4n) is 2.74. The predicted molar refractivity (Wildman–Crippen MR) is 81.4 cm³/mol. The molecular weight excluding hydrogens is 264 g/mol. The minimum Gasteiger partial charge on any atom is -0.493 e. The maximum atomic E-state index is 11.1. The van der Waals surface area contributed by atoms with E-state index in [1.807, 2.05) is 37.3 Å². The number of ether oxygens (including phenoxy) is 2. The Morgan fingerprint density at radius 2 is 2.10 bits per heavy atom. The summed E-state index contributed by atoms with van der Waals surface area (Å²) >= 11 is 0. The van der Waals surface area contributed by atoms with Gasteiger partial charge < -0.3 is 9.47 Å². The Morgan fingerprint density at radius 3 is 2.95 bits per heavy atom. The molecule has 0 bridgehead atoms. The van der Waals surface area contributed by atoms with Crippen LogP contribution >= 0.6 is 0 Å². The Kier molecular flexibility index (Phi) is 3.91. The van der Waals surface area contributed by atoms with Crippen LogP contribution in [0.1, 0.15) is 33.8 Å². The summed E-state index contributed by atoms with van der Waals surface area (Å²) in [5.74, 6) is 1.93. The van der Waals surface area contributed by atoms with Crippen LogP contribution in [0.15, 0.2) is 42.5 Å². The van der Waals surface area contributed by atoms with Gasteiger partial charge in [-0.2, -0.15) is 0 Å². The highest BCUT2D eigenvalue weighted by Gasteiger charge is 2.22. The summed E-state index contributed by atoms with van der Waals surface area (Å²) in [5.41, 5.74) is 2.78. The summed E-state index contributed by atoms with van der Waals surface area (Å²) in [6.07, 6.45) is 1.78. The molecule has 0 spiro atoms. The zero-order valence-corrected chi connectivity index (χ0v) is 12.0. The van der Waals surface area contributed by atoms with Crippen molar-refractivity contribution in [1.82, 2.24) is 0 Å². The van der Waals surface area contributed by atoms with E-state index in [1.54, 1.807) is 6.07 Å². The van der Waals surface area contributed by atoms with Crippen LogP contribution in [-0.2, 0) is 0 Å². The Balaban J connectivity index is 1.79. The molecule has 1 heterocycles. The number of aryl methyl sites for hydroxylation is 1. The molecule has 21 heavy (non-hydrogen) atoms. The lowest BCUT2D eigenvalue weighted by Gasteiger charge is -2.26. The van der Waals surface area contributed by atoms with Gasteiger partial charge in [0.25, 0.3) is 0 Å². The minimum atomic E-state index is 0.300. The number of hydrogen-bond acceptors (Lipinski definition) is 3. The zero-order valence-electron chi connectivity index (χ0n) is 12.0. The highest BCUT2D eigenvalue weighted by molar-refractivity contribution is 5.80. The number of carbonyl (C=O) groups excluding carboxylic acids is 1. The third kappa shape index (κ3) is 2.77. The van der Waals surface area contributed by atoms with Gasteiger partial charge in [0.05, 0.1) is 18.8 Å². The second-order valence-corrected chi connectivity index (χ2v) is 5.29. The van der Waals surface area contributed by atoms with Crippen molar-refractivity contribution < 1.29 is 14.3 Å². The summed E-state index contributed by atoms with van der Waals surface area (Å²) in [7, 11) is 0. The van der Waals surface area contributed by atoms with Gasteiger partial charge in [-0.15, -0.1) is 0 Å². The monoisotopic (exact) mass is 282 g/mol. The van der Waals surface area contributed by atoms with Crippen LogP contribution in [0, 0.1) is 6.92 Å². The van der Waals surface area contributed by atoms with Crippen LogP contribution in [0.2, 0.25) is 0 Å². The number of carbonyl (C=O) groups is 1. The maximum Gasteiger partial charge on any atom is 0.153 e. The molecular formula is C18H18O3. The molecule has 0 radical (unpaired) electrons. The van der Waals surface area contributed by atoms with Gasteiger partial charge in [0.1, 0.15) is 11.5 Å². The van der Waals surface area contributed by atoms with E-state index in [9.17, 15) is 4.79 Å². The zero-order chi connectivity index (χ0) is 14.7. The molecule has 0 aromatic heterocycles. The largest absolute Gasteiger partial charge is 0.493 e. The van der Waals surface area contributed by atoms with Gasteiger partial charge in [-0.3, -0.25) is 4.79 Å². The Labute approximate surface area is 124 Å². The second-order valence-electron chi connectivity index (χ2n) is 5.29. The molecule has 0 amide bonds. The molecule has 3 rings (SSSR count). The smallest absolute Gasteiger partial charge is 0.153 e. The van der Waals surface area contributed by atoms with Crippen molar-refractivity contribution >= 4 is 6.29 Å². The van der Waals surface area contributed by atoms with E-state index in [1.165, 1.54) is 5.56 Å². The first-order valence-corrected chi connectivity index (χ1v) is 7.19. The molecule has 2 aromatic rings. The van der Waals surface area contributed by atoms with E-state index in [-0.39, 0.29) is 0 Å². The molecule has 1 aliphatic heterocycles. The third-order valence-electron chi connectivity index (χ3n) is 3.88. The highest BCUT2D eigenvalue weighted by Crippen LogP contribution is 2.34. The maximum absolute atomic E-state index is 11.1. The lowest BCUT2D eigenvalue weighted by molar-refractivity contribution is 0.111. The summed E-state index contributed by atoms with van der Waals surface area (Å²) in [5, 5.41) is 0. The molecule has 3 nitrogen and oxygen atoms in total. The lowest BCUT2D eigenvalue weighted by atomic mass is 9.94. The first-order chi connectivity index (χ1) is 10.3. The van der Waals surface area contributed by atoms with Gasteiger partial charge in [0.15, 0.2) is 6.29 Å². The van der Waals surface area contributed by atoms with Crippen LogP contribution in [0.5, 0.6) is 11.5 Å². The molecule has 0 fully saturated rings. The van der Waals surface area contributed by atoms with Crippen molar-refractivity contribution in [1.29, 1.82) is 0 Å². The normalized spacial score (nSPS) is 16.7. The molecule has 0 aliphatic carbocycles. The van der Waals surface area contributed by atoms with Crippen LogP contribution < -0.4 is 9.47 Å². The van der Waals surface area contributed by atoms with Crippen molar-refractivity contribution in [2.24, 2.45) is 0 Å². The SMILES string of the molecule is Cc1cccc(C=O)c1OCC1CCOc2ccccc21. The number of benzene rings is 2. The van der Waals surface area contributed by atoms with Gasteiger partial charge in [-0.1, -0.05) is 30.3 Å². The van der Waals surface area contributed by atoms with E-state index >= 15 is 0 Å². The first-order valence-electron chi connectivity index (χ1n) is 7.19. The topological polar surface area (TPSA) is 35.5 Å². The van der Waals surface area contributed by atoms with Crippen LogP contribution in [0.3, 0.4) is 0 Å². The fraction of sp³-hybridized carbons (Fsp3) is 0.278. The van der Waals surface area contributed by atoms with Crippen molar-refractivity contribution in [3.8, 4) is 11.5 Å². The van der Waals surface area contributed by atoms with Gasteiger partial charge in [-0.25, -0.2) is 0 Å². The Morgan fingerprint density at radius 1 is 1.24 bits per heavy atom. The van der Waals surface area contributed by atoms with Crippen molar-refractivity contribution in [2.75, 3.05) is 13.2 Å². The third-order valence-corrected chi connectivity index (χ3v) is 3.88. The molecule has 0 saturated heterocycles. The van der Waals surface area contributed by atoms with E-state index in [0.29, 0.717) is 30.4 Å². The molecule has 3 heteroatoms. The molecule has 0 N–H and O–H groups in total. The summed E-state index contributed by atoms with van der Waals surface area (Å²) in [6.45, 7) is 3.23. The van der Waals surface area contributed by atoms with E-state index in [4.69, 9.17) is 9.47 Å². The average Bonchev–Trinajstić information content (AvgIpc) is 2.53. The number of hydrogen-bond donors (Lipinski definition) is 0. The number of fused-ring (bicyclic) bond motifs is 1. The summed E-state index contributed by atoms with van der Waals surface area (Å²) < 4.78 is 11.6. The Bertz CT molecular complexity index is 649. The standard InChI is InChI=1S/C18H18O3/c1-13-5-4-6-14(11-19)18(13)21-12-15-9-10-20-17-8-3-2-7-16(15)17/h2-8,11,15H,9-10,12H2,1H3. The number of rotatable bonds is 4. The molecule has 2 aromatic carbocycles. The van der Waals surface area contributed by atoms with Gasteiger partial charge >= 0.3 is 0 Å². The molecule has 1 aliphatic rings. The number of aldehydes is 1. The fourth-order valence-corrected chi connectivity index (χ4v) is 2.74. The van der Waals surface area contributed by atoms with E-state index < -0.39 is 0 Å². The molecule has 1 unspecified atom stereocenters. The van der Waals surface area contributed by atoms with Crippen LogP contribution in [-0.4, -0.2) is 19.5 Å². The first kappa shape index (κ1) is 13.7. The quantitative estimate of drug-likeness (QED) is 0.801. The van der Waals surface area contributed by atoms with Crippen molar-refractivity contribution in [2.45, 2.75) is 19.3 Å². The van der Waals surface area contributed by atoms with Crippen molar-refractivity contribution in [3.63, 3.8) is 0 Å². The van der Waals surface area contributed by atoms with Gasteiger partial charge in [0, 0.05) is 11.5 Å². The van der Waals surface area contributed by atoms with Gasteiger partial charge in [-0.05, 0) is 31.0 Å². The predicted octanol–water partition coefficient (Wildman–Crippen LogP) is 3.75. The highest BCUT2D eigenvalue weighted by atomic mass is 16.5. The summed E-state index contributed by atoms with van der Waals surface area (Å²) in [6, 6.07) is 13.7. The van der Waals surface area contributed by atoms with Crippen LogP contribution in [0.4, 0.5) is 0 Å². The van der Waals surface area contributed by atoms with E-state index in [2.05, 4.69) is 6.07 Å².